The maximum absolute atomic E-state index is 12.0. The lowest BCUT2D eigenvalue weighted by Crippen LogP contribution is -2.49. The molecule has 1 aromatic carbocycles. The van der Waals surface area contributed by atoms with Crippen molar-refractivity contribution >= 4 is 30.7 Å². The second-order valence-corrected chi connectivity index (χ2v) is 5.67. The first-order chi connectivity index (χ1) is 10.3. The molecule has 1 aliphatic heterocycles. The summed E-state index contributed by atoms with van der Waals surface area (Å²) in [5, 5.41) is 3.09. The SMILES string of the molecule is CNCCCC(=O)N1CCN(CCc2ccccc2)CC1.Cl.Cl. The molecule has 0 spiro atoms. The Morgan fingerprint density at radius 1 is 1.09 bits per heavy atom. The third-order valence-electron chi connectivity index (χ3n) is 4.10. The van der Waals surface area contributed by atoms with E-state index in [1.54, 1.807) is 0 Å². The minimum Gasteiger partial charge on any atom is -0.340 e. The molecule has 1 amide bonds. The zero-order chi connectivity index (χ0) is 14.9. The molecular formula is C17H29Cl2N3O. The van der Waals surface area contributed by atoms with Crippen LogP contribution in [0.1, 0.15) is 18.4 Å². The Hall–Kier alpha value is -0.810. The Morgan fingerprint density at radius 2 is 1.74 bits per heavy atom. The number of hydrogen-bond acceptors (Lipinski definition) is 3. The van der Waals surface area contributed by atoms with E-state index in [2.05, 4.69) is 40.5 Å². The number of piperazine rings is 1. The van der Waals surface area contributed by atoms with Gasteiger partial charge in [-0.05, 0) is 32.0 Å². The highest BCUT2D eigenvalue weighted by atomic mass is 35.5. The van der Waals surface area contributed by atoms with E-state index in [-0.39, 0.29) is 24.8 Å². The summed E-state index contributed by atoms with van der Waals surface area (Å²) in [6.07, 6.45) is 2.70. The Balaban J connectivity index is 0.00000242. The topological polar surface area (TPSA) is 35.6 Å². The first-order valence-electron chi connectivity index (χ1n) is 7.98. The molecule has 132 valence electrons. The number of nitrogens with zero attached hydrogens (tertiary/aromatic N) is 2. The van der Waals surface area contributed by atoms with E-state index >= 15 is 0 Å². The number of amides is 1. The molecule has 0 atom stereocenters. The summed E-state index contributed by atoms with van der Waals surface area (Å²) in [5.74, 6) is 0.313. The molecule has 6 heteroatoms. The standard InChI is InChI=1S/C17H27N3O.2ClH/c1-18-10-5-8-17(21)20-14-12-19(13-15-20)11-9-16-6-3-2-4-7-16;;/h2-4,6-7,18H,5,8-15H2,1H3;2*1H. The molecule has 0 bridgehead atoms. The molecule has 23 heavy (non-hydrogen) atoms. The smallest absolute Gasteiger partial charge is 0.222 e. The van der Waals surface area contributed by atoms with E-state index in [0.29, 0.717) is 12.3 Å². The number of nitrogens with one attached hydrogen (secondary N) is 1. The molecule has 0 radical (unpaired) electrons. The summed E-state index contributed by atoms with van der Waals surface area (Å²) in [4.78, 5) is 16.5. The molecule has 0 aromatic heterocycles. The molecule has 1 aromatic rings. The number of hydrogen-bond donors (Lipinski definition) is 1. The summed E-state index contributed by atoms with van der Waals surface area (Å²) >= 11 is 0. The van der Waals surface area contributed by atoms with Crippen molar-refractivity contribution in [3.63, 3.8) is 0 Å². The lowest BCUT2D eigenvalue weighted by molar-refractivity contribution is -0.133. The average Bonchev–Trinajstić information content (AvgIpc) is 2.54. The third kappa shape index (κ3) is 8.02. The molecular weight excluding hydrogens is 333 g/mol. The van der Waals surface area contributed by atoms with Crippen LogP contribution < -0.4 is 5.32 Å². The largest absolute Gasteiger partial charge is 0.340 e. The van der Waals surface area contributed by atoms with E-state index in [9.17, 15) is 4.79 Å². The predicted molar refractivity (Wildman–Crippen MR) is 101 cm³/mol. The van der Waals surface area contributed by atoms with Gasteiger partial charge in [0.1, 0.15) is 0 Å². The maximum atomic E-state index is 12.0. The number of carbonyl (C=O) groups is 1. The van der Waals surface area contributed by atoms with Gasteiger partial charge >= 0.3 is 0 Å². The maximum Gasteiger partial charge on any atom is 0.222 e. The van der Waals surface area contributed by atoms with Crippen molar-refractivity contribution in [1.29, 1.82) is 0 Å². The van der Waals surface area contributed by atoms with Gasteiger partial charge in [0.25, 0.3) is 0 Å². The number of carbonyl (C=O) groups excluding carboxylic acids is 1. The zero-order valence-electron chi connectivity index (χ0n) is 13.9. The first kappa shape index (κ1) is 22.2. The number of rotatable bonds is 7. The summed E-state index contributed by atoms with van der Waals surface area (Å²) < 4.78 is 0. The van der Waals surface area contributed by atoms with Gasteiger partial charge in [-0.25, -0.2) is 0 Å². The van der Waals surface area contributed by atoms with E-state index in [4.69, 9.17) is 0 Å². The van der Waals surface area contributed by atoms with Gasteiger partial charge in [0, 0.05) is 39.1 Å². The van der Waals surface area contributed by atoms with Crippen LogP contribution in [0.25, 0.3) is 0 Å². The van der Waals surface area contributed by atoms with Gasteiger partial charge in [-0.1, -0.05) is 30.3 Å². The van der Waals surface area contributed by atoms with Gasteiger partial charge in [-0.15, -0.1) is 24.8 Å². The van der Waals surface area contributed by atoms with Crippen molar-refractivity contribution in [1.82, 2.24) is 15.1 Å². The molecule has 0 unspecified atom stereocenters. The lowest BCUT2D eigenvalue weighted by Gasteiger charge is -2.34. The molecule has 0 aliphatic carbocycles. The highest BCUT2D eigenvalue weighted by molar-refractivity contribution is 5.85. The quantitative estimate of drug-likeness (QED) is 0.756. The molecule has 1 fully saturated rings. The van der Waals surface area contributed by atoms with E-state index in [1.165, 1.54) is 5.56 Å². The fraction of sp³-hybridized carbons (Fsp3) is 0.588. The molecule has 1 heterocycles. The lowest BCUT2D eigenvalue weighted by atomic mass is 10.1. The summed E-state index contributed by atoms with van der Waals surface area (Å²) in [7, 11) is 1.93. The Labute approximate surface area is 152 Å². The van der Waals surface area contributed by atoms with Crippen molar-refractivity contribution < 1.29 is 4.79 Å². The van der Waals surface area contributed by atoms with Gasteiger partial charge in [0.2, 0.25) is 5.91 Å². The average molecular weight is 362 g/mol. The monoisotopic (exact) mass is 361 g/mol. The van der Waals surface area contributed by atoms with Crippen LogP contribution in [-0.4, -0.2) is 62.0 Å². The second-order valence-electron chi connectivity index (χ2n) is 5.67. The number of halogens is 2. The van der Waals surface area contributed by atoms with E-state index in [0.717, 1.165) is 52.1 Å². The van der Waals surface area contributed by atoms with Gasteiger partial charge in [0.15, 0.2) is 0 Å². The van der Waals surface area contributed by atoms with Crippen LogP contribution in [-0.2, 0) is 11.2 Å². The molecule has 1 saturated heterocycles. The minimum absolute atomic E-state index is 0. The fourth-order valence-electron chi connectivity index (χ4n) is 2.73. The summed E-state index contributed by atoms with van der Waals surface area (Å²) in [6.45, 7) is 5.78. The van der Waals surface area contributed by atoms with Crippen molar-refractivity contribution in [3.05, 3.63) is 35.9 Å². The molecule has 1 N–H and O–H groups in total. The van der Waals surface area contributed by atoms with Crippen LogP contribution in [0.5, 0.6) is 0 Å². The first-order valence-corrected chi connectivity index (χ1v) is 7.98. The zero-order valence-corrected chi connectivity index (χ0v) is 15.5. The fourth-order valence-corrected chi connectivity index (χ4v) is 2.73. The Bertz CT molecular complexity index is 423. The van der Waals surface area contributed by atoms with Crippen LogP contribution in [0.15, 0.2) is 30.3 Å². The van der Waals surface area contributed by atoms with Crippen LogP contribution in [0.3, 0.4) is 0 Å². The van der Waals surface area contributed by atoms with Gasteiger partial charge in [-0.2, -0.15) is 0 Å². The van der Waals surface area contributed by atoms with Crippen LogP contribution in [0, 0.1) is 0 Å². The molecule has 4 nitrogen and oxygen atoms in total. The van der Waals surface area contributed by atoms with Crippen molar-refractivity contribution in [2.24, 2.45) is 0 Å². The number of benzene rings is 1. The molecule has 1 aliphatic rings. The van der Waals surface area contributed by atoms with Crippen molar-refractivity contribution in [3.8, 4) is 0 Å². The molecule has 2 rings (SSSR count). The molecule has 0 saturated carbocycles. The van der Waals surface area contributed by atoms with Crippen molar-refractivity contribution in [2.75, 3.05) is 46.3 Å². The van der Waals surface area contributed by atoms with E-state index in [1.807, 2.05) is 11.9 Å². The minimum atomic E-state index is 0. The van der Waals surface area contributed by atoms with Crippen LogP contribution in [0.4, 0.5) is 0 Å². The van der Waals surface area contributed by atoms with Crippen molar-refractivity contribution in [2.45, 2.75) is 19.3 Å². The summed E-state index contributed by atoms with van der Waals surface area (Å²) in [5.41, 5.74) is 1.39. The van der Waals surface area contributed by atoms with Gasteiger partial charge in [0.05, 0.1) is 0 Å². The third-order valence-corrected chi connectivity index (χ3v) is 4.10. The van der Waals surface area contributed by atoms with Crippen LogP contribution in [0.2, 0.25) is 0 Å². The highest BCUT2D eigenvalue weighted by Crippen LogP contribution is 2.07. The Morgan fingerprint density at radius 3 is 2.35 bits per heavy atom. The van der Waals surface area contributed by atoms with Gasteiger partial charge in [-0.3, -0.25) is 9.69 Å². The summed E-state index contributed by atoms with van der Waals surface area (Å²) in [6, 6.07) is 10.6. The predicted octanol–water partition coefficient (Wildman–Crippen LogP) is 2.22. The van der Waals surface area contributed by atoms with Gasteiger partial charge < -0.3 is 10.2 Å². The second kappa shape index (κ2) is 12.6. The van der Waals surface area contributed by atoms with Crippen LogP contribution >= 0.6 is 24.8 Å². The van der Waals surface area contributed by atoms with E-state index < -0.39 is 0 Å². The highest BCUT2D eigenvalue weighted by Gasteiger charge is 2.20. The Kier molecular flexibility index (Phi) is 12.1. The normalized spacial score (nSPS) is 14.7.